The third-order valence-electron chi connectivity index (χ3n) is 13.5. The van der Waals surface area contributed by atoms with Crippen molar-refractivity contribution in [2.24, 2.45) is 0 Å². The van der Waals surface area contributed by atoms with Crippen LogP contribution >= 0.6 is 0 Å². The molecule has 3 heteroatoms. The Kier molecular flexibility index (Phi) is 8.13. The van der Waals surface area contributed by atoms with Crippen LogP contribution in [0.15, 0.2) is 243 Å². The van der Waals surface area contributed by atoms with Gasteiger partial charge in [-0.25, -0.2) is 0 Å². The molecule has 0 saturated carbocycles. The first kappa shape index (κ1) is 36.3. The molecule has 0 aromatic heterocycles. The average molecular weight is 817 g/mol. The van der Waals surface area contributed by atoms with E-state index >= 15 is 0 Å². The van der Waals surface area contributed by atoms with E-state index in [0.29, 0.717) is 0 Å². The van der Waals surface area contributed by atoms with Gasteiger partial charge in [0.05, 0.1) is 16.8 Å². The van der Waals surface area contributed by atoms with E-state index in [1.807, 2.05) is 0 Å². The Morgan fingerprint density at radius 2 is 0.719 bits per heavy atom. The molecule has 1 aliphatic carbocycles. The van der Waals surface area contributed by atoms with Gasteiger partial charge in [-0.1, -0.05) is 182 Å². The van der Waals surface area contributed by atoms with Crippen molar-refractivity contribution in [1.29, 1.82) is 0 Å². The van der Waals surface area contributed by atoms with Crippen LogP contribution in [0.5, 0.6) is 11.5 Å². The minimum absolute atomic E-state index is 0.668. The molecule has 11 aromatic carbocycles. The number of anilines is 6. The number of para-hydroxylation sites is 2. The number of hydrogen-bond donors (Lipinski definition) is 0. The summed E-state index contributed by atoms with van der Waals surface area (Å²) in [5, 5.41) is 6.90. The van der Waals surface area contributed by atoms with Crippen molar-refractivity contribution in [3.05, 3.63) is 265 Å². The van der Waals surface area contributed by atoms with Crippen molar-refractivity contribution in [3.63, 3.8) is 0 Å². The van der Waals surface area contributed by atoms with Crippen LogP contribution in [0.2, 0.25) is 0 Å². The Morgan fingerprint density at radius 1 is 0.281 bits per heavy atom. The lowest BCUT2D eigenvalue weighted by molar-refractivity contribution is 0.447. The van der Waals surface area contributed by atoms with Crippen LogP contribution in [-0.4, -0.2) is 0 Å². The van der Waals surface area contributed by atoms with E-state index < -0.39 is 5.41 Å². The maximum atomic E-state index is 7.27. The molecule has 0 bridgehead atoms. The SMILES string of the molecule is c1ccc(N(c2ccccc2)c2ccc(N(c3cccc4c3-c3ccccc3C43c4ccc5ccccc5c4Oc4c3ccc3ccccc43)c3cccc4ccccc34)cc2)cc1. The molecular weight excluding hydrogens is 777 g/mol. The van der Waals surface area contributed by atoms with E-state index in [4.69, 9.17) is 4.74 Å². The van der Waals surface area contributed by atoms with Crippen LogP contribution in [0.3, 0.4) is 0 Å². The van der Waals surface area contributed by atoms with Gasteiger partial charge in [0.1, 0.15) is 11.5 Å². The molecule has 3 nitrogen and oxygen atoms in total. The normalized spacial score (nSPS) is 12.9. The second-order valence-electron chi connectivity index (χ2n) is 16.8. The van der Waals surface area contributed by atoms with Crippen molar-refractivity contribution in [1.82, 2.24) is 0 Å². The predicted molar refractivity (Wildman–Crippen MR) is 266 cm³/mol. The summed E-state index contributed by atoms with van der Waals surface area (Å²) in [6.45, 7) is 0. The van der Waals surface area contributed by atoms with Gasteiger partial charge in [-0.3, -0.25) is 0 Å². The van der Waals surface area contributed by atoms with Crippen LogP contribution in [0.4, 0.5) is 34.1 Å². The molecular formula is C61H40N2O. The standard InChI is InChI=1S/C61H40N2O/c1-3-21-44(22-4-1)62(45-23-5-2-6-24-45)46-35-37-47(38-36-46)63(56-31-15-20-41-17-7-10-25-48(41)56)57-32-16-30-53-58(57)51-28-13-14-29-52(51)61(53)54-39-33-42-18-8-11-26-49(42)59(54)64-60-50-27-12-9-19-43(50)34-40-55(60)61/h1-40H. The van der Waals surface area contributed by atoms with Crippen molar-refractivity contribution >= 4 is 66.4 Å². The highest BCUT2D eigenvalue weighted by atomic mass is 16.5. The Balaban J connectivity index is 1.09. The largest absolute Gasteiger partial charge is 0.455 e. The van der Waals surface area contributed by atoms with Gasteiger partial charge in [-0.15, -0.1) is 0 Å². The molecule has 0 N–H and O–H groups in total. The number of benzene rings is 11. The zero-order valence-corrected chi connectivity index (χ0v) is 34.9. The third kappa shape index (κ3) is 5.28. The monoisotopic (exact) mass is 816 g/mol. The Labute approximate surface area is 372 Å². The quantitative estimate of drug-likeness (QED) is 0.166. The highest BCUT2D eigenvalue weighted by molar-refractivity contribution is 6.06. The van der Waals surface area contributed by atoms with E-state index in [1.165, 1.54) is 33.0 Å². The predicted octanol–water partition coefficient (Wildman–Crippen LogP) is 16.6. The summed E-state index contributed by atoms with van der Waals surface area (Å²) in [7, 11) is 0. The number of fused-ring (bicyclic) bond motifs is 14. The molecule has 13 rings (SSSR count). The zero-order chi connectivity index (χ0) is 42.2. The first-order valence-corrected chi connectivity index (χ1v) is 22.0. The topological polar surface area (TPSA) is 15.7 Å². The Bertz CT molecular complexity index is 3470. The molecule has 0 radical (unpaired) electrons. The number of hydrogen-bond acceptors (Lipinski definition) is 3. The molecule has 64 heavy (non-hydrogen) atoms. The molecule has 0 amide bonds. The fraction of sp³-hybridized carbons (Fsp3) is 0.0164. The molecule has 0 unspecified atom stereocenters. The zero-order valence-electron chi connectivity index (χ0n) is 34.9. The maximum Gasteiger partial charge on any atom is 0.140 e. The maximum absolute atomic E-state index is 7.27. The van der Waals surface area contributed by atoms with E-state index in [-0.39, 0.29) is 0 Å². The minimum Gasteiger partial charge on any atom is -0.455 e. The smallest absolute Gasteiger partial charge is 0.140 e. The van der Waals surface area contributed by atoms with Gasteiger partial charge >= 0.3 is 0 Å². The van der Waals surface area contributed by atoms with Gasteiger partial charge < -0.3 is 14.5 Å². The molecule has 0 atom stereocenters. The van der Waals surface area contributed by atoms with Gasteiger partial charge in [-0.2, -0.15) is 0 Å². The molecule has 0 saturated heterocycles. The average Bonchev–Trinajstić information content (AvgIpc) is 3.66. The van der Waals surface area contributed by atoms with Crippen LogP contribution in [0.1, 0.15) is 22.3 Å². The fourth-order valence-corrected chi connectivity index (χ4v) is 10.8. The number of nitrogens with zero attached hydrogens (tertiary/aromatic N) is 2. The summed E-state index contributed by atoms with van der Waals surface area (Å²) in [6, 6.07) is 88.1. The van der Waals surface area contributed by atoms with Crippen LogP contribution in [0.25, 0.3) is 43.4 Å². The lowest BCUT2D eigenvalue weighted by atomic mass is 9.65. The molecule has 2 aliphatic rings. The van der Waals surface area contributed by atoms with Crippen molar-refractivity contribution < 1.29 is 4.74 Å². The van der Waals surface area contributed by atoms with Gasteiger partial charge in [0.2, 0.25) is 0 Å². The van der Waals surface area contributed by atoms with Gasteiger partial charge in [0.15, 0.2) is 0 Å². The first-order valence-electron chi connectivity index (χ1n) is 22.0. The number of rotatable bonds is 6. The minimum atomic E-state index is -0.668. The van der Waals surface area contributed by atoms with Crippen molar-refractivity contribution in [2.75, 3.05) is 9.80 Å². The lowest BCUT2D eigenvalue weighted by Crippen LogP contribution is -2.32. The highest BCUT2D eigenvalue weighted by Crippen LogP contribution is 2.65. The fourth-order valence-electron chi connectivity index (χ4n) is 10.8. The summed E-state index contributed by atoms with van der Waals surface area (Å²) in [5.74, 6) is 1.83. The van der Waals surface area contributed by atoms with Crippen LogP contribution in [-0.2, 0) is 5.41 Å². The van der Waals surface area contributed by atoms with E-state index in [9.17, 15) is 0 Å². The lowest BCUT2D eigenvalue weighted by Gasteiger charge is -2.40. The highest BCUT2D eigenvalue weighted by Gasteiger charge is 2.52. The van der Waals surface area contributed by atoms with E-state index in [0.717, 1.165) is 78.3 Å². The summed E-state index contributed by atoms with van der Waals surface area (Å²) in [4.78, 5) is 4.80. The molecule has 11 aromatic rings. The third-order valence-corrected chi connectivity index (χ3v) is 13.5. The molecule has 300 valence electrons. The second kappa shape index (κ2) is 14.3. The van der Waals surface area contributed by atoms with Gasteiger partial charge in [0, 0.05) is 55.6 Å². The summed E-state index contributed by atoms with van der Waals surface area (Å²) < 4.78 is 7.27. The van der Waals surface area contributed by atoms with Crippen molar-refractivity contribution in [3.8, 4) is 22.6 Å². The molecule has 1 aliphatic heterocycles. The van der Waals surface area contributed by atoms with Crippen molar-refractivity contribution in [2.45, 2.75) is 5.41 Å². The number of ether oxygens (including phenoxy) is 1. The van der Waals surface area contributed by atoms with Crippen LogP contribution < -0.4 is 14.5 Å². The molecule has 1 spiro atoms. The van der Waals surface area contributed by atoms with E-state index in [2.05, 4.69) is 252 Å². The Morgan fingerprint density at radius 3 is 1.34 bits per heavy atom. The molecule has 0 fully saturated rings. The van der Waals surface area contributed by atoms with E-state index in [1.54, 1.807) is 0 Å². The first-order chi connectivity index (χ1) is 31.8. The summed E-state index contributed by atoms with van der Waals surface area (Å²) in [6.07, 6.45) is 0. The Hall–Kier alpha value is -8.40. The second-order valence-corrected chi connectivity index (χ2v) is 16.8. The summed E-state index contributed by atoms with van der Waals surface area (Å²) >= 11 is 0. The van der Waals surface area contributed by atoms with Crippen LogP contribution in [0, 0.1) is 0 Å². The van der Waals surface area contributed by atoms with Gasteiger partial charge in [0.25, 0.3) is 0 Å². The summed E-state index contributed by atoms with van der Waals surface area (Å²) in [5.41, 5.74) is 13.1. The van der Waals surface area contributed by atoms with Gasteiger partial charge in [-0.05, 0) is 93.5 Å². The molecule has 1 heterocycles.